The highest BCUT2D eigenvalue weighted by atomic mass is 16.5. The molecule has 9 heteroatoms. The topological polar surface area (TPSA) is 110 Å². The SMILES string of the molecule is COc1cc2nc(Nc3ccncc3)nc(Nc3ccc(NC(C)=O)cc3)c2cc1OC. The minimum absolute atomic E-state index is 0.125. The lowest BCUT2D eigenvalue weighted by atomic mass is 10.2. The molecular formula is C23H22N6O3. The number of amides is 1. The Morgan fingerprint density at radius 1 is 0.812 bits per heavy atom. The predicted molar refractivity (Wildman–Crippen MR) is 124 cm³/mol. The van der Waals surface area contributed by atoms with Crippen LogP contribution in [0, 0.1) is 0 Å². The summed E-state index contributed by atoms with van der Waals surface area (Å²) in [6.07, 6.45) is 3.38. The van der Waals surface area contributed by atoms with Gasteiger partial charge in [-0.2, -0.15) is 4.98 Å². The molecule has 4 rings (SSSR count). The molecule has 3 N–H and O–H groups in total. The van der Waals surface area contributed by atoms with E-state index >= 15 is 0 Å². The van der Waals surface area contributed by atoms with Crippen molar-refractivity contribution < 1.29 is 14.3 Å². The fourth-order valence-corrected chi connectivity index (χ4v) is 3.15. The standard InChI is InChI=1S/C23H22N6O3/c1-14(30)25-15-4-6-16(7-5-15)26-22-18-12-20(31-2)21(32-3)13-19(18)28-23(29-22)27-17-8-10-24-11-9-17/h4-13H,1-3H3,(H,25,30)(H2,24,26,27,28,29). The number of ether oxygens (including phenoxy) is 2. The van der Waals surface area contributed by atoms with Crippen molar-refractivity contribution in [3.8, 4) is 11.5 Å². The Labute approximate surface area is 184 Å². The Kier molecular flexibility index (Phi) is 5.98. The normalized spacial score (nSPS) is 10.5. The van der Waals surface area contributed by atoms with Crippen LogP contribution in [0.4, 0.5) is 28.8 Å². The first-order valence-electron chi connectivity index (χ1n) is 9.81. The Morgan fingerprint density at radius 3 is 2.09 bits per heavy atom. The molecule has 0 unspecified atom stereocenters. The third-order valence-electron chi connectivity index (χ3n) is 4.61. The smallest absolute Gasteiger partial charge is 0.229 e. The zero-order chi connectivity index (χ0) is 22.5. The minimum Gasteiger partial charge on any atom is -0.493 e. The summed E-state index contributed by atoms with van der Waals surface area (Å²) in [6, 6.07) is 14.6. The van der Waals surface area contributed by atoms with Crippen molar-refractivity contribution in [2.75, 3.05) is 30.2 Å². The minimum atomic E-state index is -0.125. The van der Waals surface area contributed by atoms with Crippen LogP contribution in [0.3, 0.4) is 0 Å². The zero-order valence-electron chi connectivity index (χ0n) is 17.8. The van der Waals surface area contributed by atoms with Crippen molar-refractivity contribution in [1.82, 2.24) is 15.0 Å². The molecule has 0 bridgehead atoms. The van der Waals surface area contributed by atoms with Gasteiger partial charge in [-0.05, 0) is 42.5 Å². The summed E-state index contributed by atoms with van der Waals surface area (Å²) < 4.78 is 10.9. The van der Waals surface area contributed by atoms with Crippen molar-refractivity contribution in [2.24, 2.45) is 0 Å². The number of hydrogen-bond acceptors (Lipinski definition) is 8. The molecule has 2 aromatic carbocycles. The second-order valence-corrected chi connectivity index (χ2v) is 6.86. The first-order valence-corrected chi connectivity index (χ1v) is 9.81. The van der Waals surface area contributed by atoms with Crippen LogP contribution in [0.25, 0.3) is 10.9 Å². The van der Waals surface area contributed by atoms with Crippen LogP contribution in [0.2, 0.25) is 0 Å². The second-order valence-electron chi connectivity index (χ2n) is 6.86. The maximum atomic E-state index is 11.3. The molecule has 0 saturated carbocycles. The number of carbonyl (C=O) groups excluding carboxylic acids is 1. The molecule has 162 valence electrons. The molecule has 0 atom stereocenters. The molecule has 0 aliphatic heterocycles. The maximum Gasteiger partial charge on any atom is 0.229 e. The largest absolute Gasteiger partial charge is 0.493 e. The molecule has 0 aliphatic rings. The molecule has 2 aromatic heterocycles. The van der Waals surface area contributed by atoms with Crippen molar-refractivity contribution in [1.29, 1.82) is 0 Å². The van der Waals surface area contributed by atoms with Crippen molar-refractivity contribution in [3.63, 3.8) is 0 Å². The number of methoxy groups -OCH3 is 2. The summed E-state index contributed by atoms with van der Waals surface area (Å²) in [7, 11) is 3.16. The fraction of sp³-hybridized carbons (Fsp3) is 0.130. The molecule has 0 saturated heterocycles. The van der Waals surface area contributed by atoms with Crippen molar-refractivity contribution >= 4 is 45.6 Å². The van der Waals surface area contributed by atoms with E-state index in [0.29, 0.717) is 34.5 Å². The molecule has 32 heavy (non-hydrogen) atoms. The highest BCUT2D eigenvalue weighted by Crippen LogP contribution is 2.36. The number of rotatable bonds is 7. The number of pyridine rings is 1. The van der Waals surface area contributed by atoms with Crippen LogP contribution in [-0.2, 0) is 4.79 Å². The van der Waals surface area contributed by atoms with Gasteiger partial charge in [-0.3, -0.25) is 9.78 Å². The van der Waals surface area contributed by atoms with Crippen LogP contribution in [0.1, 0.15) is 6.92 Å². The van der Waals surface area contributed by atoms with E-state index in [-0.39, 0.29) is 5.91 Å². The lowest BCUT2D eigenvalue weighted by Crippen LogP contribution is -2.06. The fourth-order valence-electron chi connectivity index (χ4n) is 3.15. The lowest BCUT2D eigenvalue weighted by molar-refractivity contribution is -0.114. The summed E-state index contributed by atoms with van der Waals surface area (Å²) >= 11 is 0. The van der Waals surface area contributed by atoms with Gasteiger partial charge in [0.2, 0.25) is 11.9 Å². The third kappa shape index (κ3) is 4.67. The number of fused-ring (bicyclic) bond motifs is 1. The van der Waals surface area contributed by atoms with Gasteiger partial charge in [0, 0.05) is 47.8 Å². The average molecular weight is 430 g/mol. The molecule has 0 fully saturated rings. The van der Waals surface area contributed by atoms with E-state index in [9.17, 15) is 4.79 Å². The highest BCUT2D eigenvalue weighted by molar-refractivity contribution is 5.94. The summed E-state index contributed by atoms with van der Waals surface area (Å²) in [4.78, 5) is 24.6. The van der Waals surface area contributed by atoms with Gasteiger partial charge in [-0.25, -0.2) is 4.98 Å². The Morgan fingerprint density at radius 2 is 1.44 bits per heavy atom. The predicted octanol–water partition coefficient (Wildman–Crippen LogP) is 4.49. The van der Waals surface area contributed by atoms with Gasteiger partial charge in [-0.1, -0.05) is 0 Å². The molecule has 0 radical (unpaired) electrons. The molecule has 4 aromatic rings. The third-order valence-corrected chi connectivity index (χ3v) is 4.61. The van der Waals surface area contributed by atoms with Crippen molar-refractivity contribution in [2.45, 2.75) is 6.92 Å². The number of benzene rings is 2. The molecular weight excluding hydrogens is 408 g/mol. The van der Waals surface area contributed by atoms with Gasteiger partial charge in [-0.15, -0.1) is 0 Å². The van der Waals surface area contributed by atoms with Gasteiger partial charge in [0.1, 0.15) is 5.82 Å². The van der Waals surface area contributed by atoms with Gasteiger partial charge in [0.15, 0.2) is 11.5 Å². The summed E-state index contributed by atoms with van der Waals surface area (Å²) in [5.74, 6) is 2.01. The second kappa shape index (κ2) is 9.17. The lowest BCUT2D eigenvalue weighted by Gasteiger charge is -2.15. The number of anilines is 5. The molecule has 0 spiro atoms. The number of nitrogens with one attached hydrogen (secondary N) is 3. The van der Waals surface area contributed by atoms with Gasteiger partial charge >= 0.3 is 0 Å². The van der Waals surface area contributed by atoms with Crippen LogP contribution >= 0.6 is 0 Å². The van der Waals surface area contributed by atoms with E-state index in [1.807, 2.05) is 42.5 Å². The Balaban J connectivity index is 1.76. The van der Waals surface area contributed by atoms with Gasteiger partial charge < -0.3 is 25.4 Å². The first kappa shape index (κ1) is 20.9. The van der Waals surface area contributed by atoms with Crippen LogP contribution in [0.15, 0.2) is 60.9 Å². The van der Waals surface area contributed by atoms with Crippen molar-refractivity contribution in [3.05, 3.63) is 60.9 Å². The van der Waals surface area contributed by atoms with E-state index in [2.05, 4.69) is 30.9 Å². The first-order chi connectivity index (χ1) is 15.6. The van der Waals surface area contributed by atoms with E-state index < -0.39 is 0 Å². The zero-order valence-corrected chi connectivity index (χ0v) is 17.8. The molecule has 2 heterocycles. The Bertz CT molecular complexity index is 1250. The number of nitrogens with zero attached hydrogens (tertiary/aromatic N) is 3. The maximum absolute atomic E-state index is 11.3. The average Bonchev–Trinajstić information content (AvgIpc) is 2.80. The number of carbonyl (C=O) groups is 1. The number of hydrogen-bond donors (Lipinski definition) is 3. The van der Waals surface area contributed by atoms with E-state index in [4.69, 9.17) is 9.47 Å². The van der Waals surface area contributed by atoms with Gasteiger partial charge in [0.05, 0.1) is 19.7 Å². The van der Waals surface area contributed by atoms with Crippen LogP contribution in [-0.4, -0.2) is 35.1 Å². The Hall–Kier alpha value is -4.40. The summed E-state index contributed by atoms with van der Waals surface area (Å²) in [5.41, 5.74) is 2.99. The van der Waals surface area contributed by atoms with Crippen LogP contribution < -0.4 is 25.4 Å². The van der Waals surface area contributed by atoms with Gasteiger partial charge in [0.25, 0.3) is 0 Å². The summed E-state index contributed by atoms with van der Waals surface area (Å²) in [5, 5.41) is 10.0. The quantitative estimate of drug-likeness (QED) is 0.393. The molecule has 0 aliphatic carbocycles. The summed E-state index contributed by atoms with van der Waals surface area (Å²) in [6.45, 7) is 1.47. The molecule has 9 nitrogen and oxygen atoms in total. The number of aromatic nitrogens is 3. The highest BCUT2D eigenvalue weighted by Gasteiger charge is 2.14. The monoisotopic (exact) mass is 430 g/mol. The van der Waals surface area contributed by atoms with E-state index in [1.54, 1.807) is 32.7 Å². The molecule has 1 amide bonds. The van der Waals surface area contributed by atoms with E-state index in [1.165, 1.54) is 6.92 Å². The van der Waals surface area contributed by atoms with Crippen LogP contribution in [0.5, 0.6) is 11.5 Å². The van der Waals surface area contributed by atoms with E-state index in [0.717, 1.165) is 16.8 Å².